The molecule has 1 unspecified atom stereocenters. The Labute approximate surface area is 119 Å². The molecule has 0 aromatic heterocycles. The highest BCUT2D eigenvalue weighted by Crippen LogP contribution is 2.31. The predicted molar refractivity (Wildman–Crippen MR) is 75.3 cm³/mol. The summed E-state index contributed by atoms with van der Waals surface area (Å²) in [6.07, 6.45) is 2.79. The van der Waals surface area contributed by atoms with E-state index in [0.29, 0.717) is 38.8 Å². The second-order valence-corrected chi connectivity index (χ2v) is 5.73. The second-order valence-electron chi connectivity index (χ2n) is 5.73. The smallest absolute Gasteiger partial charge is 0.306 e. The number of nitrogens with one attached hydrogen (secondary N) is 2. The normalized spacial score (nSPS) is 27.9. The van der Waals surface area contributed by atoms with Gasteiger partial charge in [0, 0.05) is 13.1 Å². The first-order chi connectivity index (χ1) is 9.38. The number of carbonyl (C=O) groups is 2. The van der Waals surface area contributed by atoms with E-state index in [1.165, 1.54) is 0 Å². The molecule has 1 aliphatic carbocycles. The lowest BCUT2D eigenvalue weighted by atomic mass is 9.78. The van der Waals surface area contributed by atoms with E-state index in [1.807, 2.05) is 6.92 Å². The number of amides is 1. The fourth-order valence-electron chi connectivity index (χ4n) is 2.42. The molecule has 1 fully saturated rings. The molecule has 0 spiro atoms. The van der Waals surface area contributed by atoms with Crippen LogP contribution >= 0.6 is 0 Å². The Bertz CT molecular complexity index is 338. The molecule has 116 valence electrons. The lowest BCUT2D eigenvalue weighted by Gasteiger charge is -2.35. The number of carboxylic acid groups (broad SMARTS) is 1. The van der Waals surface area contributed by atoms with Crippen molar-refractivity contribution < 1.29 is 19.8 Å². The molecule has 1 amide bonds. The minimum absolute atomic E-state index is 0.0744. The third-order valence-corrected chi connectivity index (χ3v) is 3.95. The highest BCUT2D eigenvalue weighted by molar-refractivity contribution is 5.81. The number of hydrogen-bond acceptors (Lipinski definition) is 4. The van der Waals surface area contributed by atoms with Gasteiger partial charge in [0.15, 0.2) is 0 Å². The lowest BCUT2D eigenvalue weighted by Crippen LogP contribution is -2.50. The lowest BCUT2D eigenvalue weighted by molar-refractivity contribution is -0.144. The van der Waals surface area contributed by atoms with Gasteiger partial charge in [0.1, 0.15) is 0 Å². The maximum atomic E-state index is 11.7. The van der Waals surface area contributed by atoms with Gasteiger partial charge in [-0.05, 0) is 39.0 Å². The Morgan fingerprint density at radius 1 is 1.35 bits per heavy atom. The molecule has 0 saturated heterocycles. The first-order valence-corrected chi connectivity index (χ1v) is 7.34. The Morgan fingerprint density at radius 2 is 1.95 bits per heavy atom. The van der Waals surface area contributed by atoms with E-state index in [-0.39, 0.29) is 17.9 Å². The van der Waals surface area contributed by atoms with Crippen molar-refractivity contribution in [2.45, 2.75) is 57.6 Å². The van der Waals surface area contributed by atoms with Crippen molar-refractivity contribution in [3.8, 4) is 0 Å². The van der Waals surface area contributed by atoms with Crippen molar-refractivity contribution in [3.05, 3.63) is 0 Å². The fourth-order valence-corrected chi connectivity index (χ4v) is 2.42. The van der Waals surface area contributed by atoms with Gasteiger partial charge in [-0.2, -0.15) is 0 Å². The average Bonchev–Trinajstić information content (AvgIpc) is 2.42. The first kappa shape index (κ1) is 16.9. The minimum atomic E-state index is -0.898. The van der Waals surface area contributed by atoms with Gasteiger partial charge in [-0.25, -0.2) is 0 Å². The molecule has 6 heteroatoms. The van der Waals surface area contributed by atoms with Gasteiger partial charge in [-0.15, -0.1) is 0 Å². The minimum Gasteiger partial charge on any atom is -0.481 e. The molecule has 0 aliphatic heterocycles. The molecule has 1 aliphatic rings. The summed E-state index contributed by atoms with van der Waals surface area (Å²) >= 11 is 0. The molecular formula is C14H26N2O4. The Morgan fingerprint density at radius 3 is 2.45 bits per heavy atom. The van der Waals surface area contributed by atoms with Crippen LogP contribution in [0, 0.1) is 5.92 Å². The average molecular weight is 286 g/mol. The maximum Gasteiger partial charge on any atom is 0.306 e. The van der Waals surface area contributed by atoms with Crippen LogP contribution in [0.25, 0.3) is 0 Å². The van der Waals surface area contributed by atoms with Gasteiger partial charge in [-0.1, -0.05) is 6.92 Å². The number of hydrogen-bond donors (Lipinski definition) is 4. The second kappa shape index (κ2) is 7.59. The summed E-state index contributed by atoms with van der Waals surface area (Å²) in [5, 5.41) is 25.2. The molecule has 1 rings (SSSR count). The zero-order valence-electron chi connectivity index (χ0n) is 12.3. The highest BCUT2D eigenvalue weighted by Gasteiger charge is 2.36. The van der Waals surface area contributed by atoms with Gasteiger partial charge in [-0.3, -0.25) is 9.59 Å². The molecule has 0 aromatic rings. The fraction of sp³-hybridized carbons (Fsp3) is 0.857. The standard InChI is InChI=1S/C14H26N2O4/c1-3-8-15-12(17)10(2)16-9-14(20)6-4-11(5-7-14)13(18)19/h10-11,16,20H,3-9H2,1-2H3,(H,15,17)(H,18,19). The van der Waals surface area contributed by atoms with Crippen molar-refractivity contribution in [2.75, 3.05) is 13.1 Å². The van der Waals surface area contributed by atoms with Crippen LogP contribution in [-0.4, -0.2) is 46.8 Å². The molecule has 1 saturated carbocycles. The molecule has 6 nitrogen and oxygen atoms in total. The molecule has 0 bridgehead atoms. The van der Waals surface area contributed by atoms with E-state index in [0.717, 1.165) is 6.42 Å². The zero-order chi connectivity index (χ0) is 15.2. The van der Waals surface area contributed by atoms with Crippen LogP contribution in [0.1, 0.15) is 46.0 Å². The van der Waals surface area contributed by atoms with E-state index in [1.54, 1.807) is 6.92 Å². The summed E-state index contributed by atoms with van der Waals surface area (Å²) in [4.78, 5) is 22.6. The molecule has 0 heterocycles. The molecule has 20 heavy (non-hydrogen) atoms. The van der Waals surface area contributed by atoms with E-state index >= 15 is 0 Å². The first-order valence-electron chi connectivity index (χ1n) is 7.34. The Kier molecular flexibility index (Phi) is 6.42. The summed E-state index contributed by atoms with van der Waals surface area (Å²) in [7, 11) is 0. The molecule has 0 radical (unpaired) electrons. The molecular weight excluding hydrogens is 260 g/mol. The number of rotatable bonds is 7. The predicted octanol–water partition coefficient (Wildman–Crippen LogP) is 0.497. The quantitative estimate of drug-likeness (QED) is 0.546. The summed E-state index contributed by atoms with van der Waals surface area (Å²) in [6, 6.07) is -0.359. The number of carbonyl (C=O) groups excluding carboxylic acids is 1. The van der Waals surface area contributed by atoms with Gasteiger partial charge < -0.3 is 20.8 Å². The van der Waals surface area contributed by atoms with E-state index < -0.39 is 11.6 Å². The summed E-state index contributed by atoms with van der Waals surface area (Å²) < 4.78 is 0. The van der Waals surface area contributed by atoms with Crippen LogP contribution < -0.4 is 10.6 Å². The molecule has 4 N–H and O–H groups in total. The third kappa shape index (κ3) is 5.09. The van der Waals surface area contributed by atoms with E-state index in [2.05, 4.69) is 10.6 Å². The zero-order valence-corrected chi connectivity index (χ0v) is 12.3. The van der Waals surface area contributed by atoms with Crippen molar-refractivity contribution in [2.24, 2.45) is 5.92 Å². The van der Waals surface area contributed by atoms with Gasteiger partial charge in [0.2, 0.25) is 5.91 Å². The van der Waals surface area contributed by atoms with Crippen molar-refractivity contribution in [3.63, 3.8) is 0 Å². The van der Waals surface area contributed by atoms with Crippen molar-refractivity contribution in [1.82, 2.24) is 10.6 Å². The number of aliphatic carboxylic acids is 1. The van der Waals surface area contributed by atoms with Gasteiger partial charge in [0.25, 0.3) is 0 Å². The van der Waals surface area contributed by atoms with Crippen LogP contribution in [0.5, 0.6) is 0 Å². The maximum absolute atomic E-state index is 11.7. The van der Waals surface area contributed by atoms with Crippen LogP contribution in [0.3, 0.4) is 0 Å². The molecule has 0 aromatic carbocycles. The summed E-state index contributed by atoms with van der Waals surface area (Å²) in [5.74, 6) is -1.21. The van der Waals surface area contributed by atoms with Crippen LogP contribution in [-0.2, 0) is 9.59 Å². The van der Waals surface area contributed by atoms with E-state index in [4.69, 9.17) is 5.11 Å². The SMILES string of the molecule is CCCNC(=O)C(C)NCC1(O)CCC(C(=O)O)CC1. The topological polar surface area (TPSA) is 98.7 Å². The monoisotopic (exact) mass is 286 g/mol. The molecule has 1 atom stereocenters. The van der Waals surface area contributed by atoms with Gasteiger partial charge in [0.05, 0.1) is 17.6 Å². The Hall–Kier alpha value is -1.14. The van der Waals surface area contributed by atoms with Crippen molar-refractivity contribution in [1.29, 1.82) is 0 Å². The largest absolute Gasteiger partial charge is 0.481 e. The van der Waals surface area contributed by atoms with Crippen molar-refractivity contribution >= 4 is 11.9 Å². The number of aliphatic hydroxyl groups is 1. The van der Waals surface area contributed by atoms with E-state index in [9.17, 15) is 14.7 Å². The van der Waals surface area contributed by atoms with Crippen LogP contribution in [0.2, 0.25) is 0 Å². The highest BCUT2D eigenvalue weighted by atomic mass is 16.4. The summed E-state index contributed by atoms with van der Waals surface area (Å²) in [5.41, 5.74) is -0.898. The van der Waals surface area contributed by atoms with Gasteiger partial charge >= 0.3 is 5.97 Å². The van der Waals surface area contributed by atoms with Crippen LogP contribution in [0.4, 0.5) is 0 Å². The number of carboxylic acids is 1. The summed E-state index contributed by atoms with van der Waals surface area (Å²) in [6.45, 7) is 4.72. The third-order valence-electron chi connectivity index (χ3n) is 3.95. The van der Waals surface area contributed by atoms with Crippen LogP contribution in [0.15, 0.2) is 0 Å². The Balaban J connectivity index is 2.34.